The van der Waals surface area contributed by atoms with Crippen molar-refractivity contribution in [3.8, 4) is 0 Å². The summed E-state index contributed by atoms with van der Waals surface area (Å²) in [5.74, 6) is 1.93. The fourth-order valence-electron chi connectivity index (χ4n) is 2.39. The summed E-state index contributed by atoms with van der Waals surface area (Å²) in [6.07, 6.45) is 6.58. The van der Waals surface area contributed by atoms with Crippen LogP contribution in [-0.4, -0.2) is 28.3 Å². The fraction of sp³-hybridized carbons (Fsp3) is 0.615. The molecule has 1 aromatic heterocycles. The molecule has 0 radical (unpaired) electrons. The molecule has 4 heteroatoms. The number of anilines is 1. The van der Waals surface area contributed by atoms with Gasteiger partial charge in [0.05, 0.1) is 5.56 Å². The molecule has 0 atom stereocenters. The first-order valence-electron chi connectivity index (χ1n) is 6.45. The van der Waals surface area contributed by atoms with Crippen molar-refractivity contribution >= 4 is 11.6 Å². The number of hydrogen-bond acceptors (Lipinski definition) is 4. The minimum absolute atomic E-state index is 0.200. The van der Waals surface area contributed by atoms with E-state index in [1.165, 1.54) is 12.8 Å². The Kier molecular flexibility index (Phi) is 2.57. The number of aryl methyl sites for hydroxylation is 1. The van der Waals surface area contributed by atoms with Crippen LogP contribution < -0.4 is 4.90 Å². The number of Topliss-reactive ketones (excluding diaryl/α,β-unsaturated/α-hetero) is 1. The second-order valence-electron chi connectivity index (χ2n) is 4.83. The third kappa shape index (κ3) is 1.92. The first-order valence-corrected chi connectivity index (χ1v) is 6.45. The van der Waals surface area contributed by atoms with Gasteiger partial charge < -0.3 is 4.90 Å². The molecule has 0 unspecified atom stereocenters. The molecule has 1 aliphatic heterocycles. The number of rotatable bonds is 2. The van der Waals surface area contributed by atoms with E-state index in [-0.39, 0.29) is 5.78 Å². The van der Waals surface area contributed by atoms with Crippen molar-refractivity contribution in [2.24, 2.45) is 0 Å². The minimum Gasteiger partial charge on any atom is -0.353 e. The van der Waals surface area contributed by atoms with Gasteiger partial charge in [-0.3, -0.25) is 4.79 Å². The molecule has 90 valence electrons. The van der Waals surface area contributed by atoms with Gasteiger partial charge in [0.25, 0.3) is 0 Å². The van der Waals surface area contributed by atoms with Gasteiger partial charge in [0, 0.05) is 31.6 Å². The lowest BCUT2D eigenvalue weighted by Gasteiger charge is -2.23. The van der Waals surface area contributed by atoms with E-state index in [4.69, 9.17) is 0 Å². The van der Waals surface area contributed by atoms with E-state index >= 15 is 0 Å². The molecule has 2 heterocycles. The average Bonchev–Trinajstić information content (AvgIpc) is 3.17. The van der Waals surface area contributed by atoms with Crippen LogP contribution in [0.3, 0.4) is 0 Å². The van der Waals surface area contributed by atoms with Gasteiger partial charge in [0.1, 0.15) is 11.6 Å². The summed E-state index contributed by atoms with van der Waals surface area (Å²) in [6.45, 7) is 3.01. The highest BCUT2D eigenvalue weighted by molar-refractivity contribution is 6.00. The number of fused-ring (bicyclic) bond motifs is 1. The highest BCUT2D eigenvalue weighted by atomic mass is 16.1. The van der Waals surface area contributed by atoms with Gasteiger partial charge in [-0.25, -0.2) is 9.97 Å². The third-order valence-electron chi connectivity index (χ3n) is 3.50. The van der Waals surface area contributed by atoms with Gasteiger partial charge in [-0.05, 0) is 19.3 Å². The number of carbonyl (C=O) groups excluding carboxylic acids is 1. The number of nitrogens with zero attached hydrogens (tertiary/aromatic N) is 3. The smallest absolute Gasteiger partial charge is 0.168 e. The van der Waals surface area contributed by atoms with E-state index in [0.29, 0.717) is 12.5 Å². The molecule has 0 aromatic carbocycles. The summed E-state index contributed by atoms with van der Waals surface area (Å²) >= 11 is 0. The van der Waals surface area contributed by atoms with Crippen molar-refractivity contribution < 1.29 is 4.79 Å². The molecular weight excluding hydrogens is 214 g/mol. The lowest BCUT2D eigenvalue weighted by molar-refractivity contribution is 0.0983. The van der Waals surface area contributed by atoms with Crippen LogP contribution in [0, 0.1) is 0 Å². The van der Waals surface area contributed by atoms with Crippen LogP contribution in [0.1, 0.15) is 48.8 Å². The predicted molar refractivity (Wildman–Crippen MR) is 65.3 cm³/mol. The van der Waals surface area contributed by atoms with Crippen LogP contribution >= 0.6 is 0 Å². The summed E-state index contributed by atoms with van der Waals surface area (Å²) in [6, 6.07) is 0.610. The molecular formula is C13H17N3O. The third-order valence-corrected chi connectivity index (χ3v) is 3.50. The van der Waals surface area contributed by atoms with E-state index in [0.717, 1.165) is 36.6 Å². The number of ketones is 1. The Bertz CT molecular complexity index is 454. The molecule has 4 nitrogen and oxygen atoms in total. The van der Waals surface area contributed by atoms with Gasteiger partial charge in [0.15, 0.2) is 5.78 Å². The van der Waals surface area contributed by atoms with E-state index in [2.05, 4.69) is 14.9 Å². The van der Waals surface area contributed by atoms with Crippen molar-refractivity contribution in [1.29, 1.82) is 0 Å². The zero-order chi connectivity index (χ0) is 11.8. The Morgan fingerprint density at radius 2 is 2.29 bits per heavy atom. The maximum Gasteiger partial charge on any atom is 0.168 e. The van der Waals surface area contributed by atoms with Crippen LogP contribution in [0.2, 0.25) is 0 Å². The molecule has 3 rings (SSSR count). The van der Waals surface area contributed by atoms with Gasteiger partial charge in [-0.2, -0.15) is 0 Å². The summed E-state index contributed by atoms with van der Waals surface area (Å²) in [5, 5.41) is 0. The molecule has 1 aliphatic carbocycles. The summed E-state index contributed by atoms with van der Waals surface area (Å²) in [5.41, 5.74) is 0.728. The zero-order valence-electron chi connectivity index (χ0n) is 10.1. The van der Waals surface area contributed by atoms with Crippen molar-refractivity contribution in [2.45, 2.75) is 45.1 Å². The van der Waals surface area contributed by atoms with Crippen molar-refractivity contribution in [3.63, 3.8) is 0 Å². The lowest BCUT2D eigenvalue weighted by Crippen LogP contribution is -2.28. The molecule has 0 N–H and O–H groups in total. The minimum atomic E-state index is 0.200. The standard InChI is InChI=1S/C13H17N3O/c1-2-12-14-8-10-11(17)4-3-7-16(9-5-6-9)13(10)15-12/h8-9H,2-7H2,1H3. The Morgan fingerprint density at radius 1 is 1.47 bits per heavy atom. The lowest BCUT2D eigenvalue weighted by atomic mass is 10.1. The molecule has 2 aliphatic rings. The first-order chi connectivity index (χ1) is 8.29. The van der Waals surface area contributed by atoms with Crippen LogP contribution in [-0.2, 0) is 6.42 Å². The number of hydrogen-bond donors (Lipinski definition) is 0. The normalized spacial score (nSPS) is 20.1. The Hall–Kier alpha value is -1.45. The van der Waals surface area contributed by atoms with E-state index in [1.54, 1.807) is 6.20 Å². The maximum absolute atomic E-state index is 12.0. The van der Waals surface area contributed by atoms with Crippen LogP contribution in [0.5, 0.6) is 0 Å². The molecule has 0 saturated heterocycles. The monoisotopic (exact) mass is 231 g/mol. The van der Waals surface area contributed by atoms with Gasteiger partial charge in [-0.1, -0.05) is 6.92 Å². The molecule has 17 heavy (non-hydrogen) atoms. The molecule has 0 bridgehead atoms. The van der Waals surface area contributed by atoms with Crippen LogP contribution in [0.4, 0.5) is 5.82 Å². The topological polar surface area (TPSA) is 46.1 Å². The van der Waals surface area contributed by atoms with Gasteiger partial charge in [0.2, 0.25) is 0 Å². The molecule has 0 amide bonds. The van der Waals surface area contributed by atoms with E-state index in [9.17, 15) is 4.79 Å². The zero-order valence-corrected chi connectivity index (χ0v) is 10.1. The van der Waals surface area contributed by atoms with E-state index in [1.807, 2.05) is 6.92 Å². The maximum atomic E-state index is 12.0. The van der Waals surface area contributed by atoms with E-state index < -0.39 is 0 Å². The van der Waals surface area contributed by atoms with Gasteiger partial charge >= 0.3 is 0 Å². The van der Waals surface area contributed by atoms with Crippen LogP contribution in [0.15, 0.2) is 6.20 Å². The Balaban J connectivity index is 2.06. The second kappa shape index (κ2) is 4.09. The quantitative estimate of drug-likeness (QED) is 0.780. The molecule has 1 aromatic rings. The van der Waals surface area contributed by atoms with Gasteiger partial charge in [-0.15, -0.1) is 0 Å². The molecule has 1 saturated carbocycles. The average molecular weight is 231 g/mol. The fourth-order valence-corrected chi connectivity index (χ4v) is 2.39. The van der Waals surface area contributed by atoms with Crippen molar-refractivity contribution in [1.82, 2.24) is 9.97 Å². The Morgan fingerprint density at radius 3 is 3.00 bits per heavy atom. The SMILES string of the molecule is CCc1ncc2c(n1)N(C1CC1)CCCC2=O. The van der Waals surface area contributed by atoms with Crippen LogP contribution in [0.25, 0.3) is 0 Å². The molecule has 1 fully saturated rings. The summed E-state index contributed by atoms with van der Waals surface area (Å²) in [4.78, 5) is 23.1. The highest BCUT2D eigenvalue weighted by Crippen LogP contribution is 2.34. The highest BCUT2D eigenvalue weighted by Gasteiger charge is 2.34. The molecule has 0 spiro atoms. The largest absolute Gasteiger partial charge is 0.353 e. The van der Waals surface area contributed by atoms with Crippen molar-refractivity contribution in [2.75, 3.05) is 11.4 Å². The number of carbonyl (C=O) groups is 1. The summed E-state index contributed by atoms with van der Waals surface area (Å²) in [7, 11) is 0. The Labute approximate surface area is 101 Å². The first kappa shape index (κ1) is 10.7. The number of aromatic nitrogens is 2. The predicted octanol–water partition coefficient (Wildman–Crippen LogP) is 1.98. The van der Waals surface area contributed by atoms with Crippen molar-refractivity contribution in [3.05, 3.63) is 17.6 Å². The summed E-state index contributed by atoms with van der Waals surface area (Å²) < 4.78 is 0. The second-order valence-corrected chi connectivity index (χ2v) is 4.83.